The zero-order valence-electron chi connectivity index (χ0n) is 34.9. The molecule has 66 heavy (non-hydrogen) atoms. The van der Waals surface area contributed by atoms with Crippen LogP contribution in [0.5, 0.6) is 0 Å². The molecule has 2 aliphatic rings. The van der Waals surface area contributed by atoms with Crippen molar-refractivity contribution in [3.63, 3.8) is 0 Å². The lowest BCUT2D eigenvalue weighted by molar-refractivity contribution is 0.115. The van der Waals surface area contributed by atoms with Gasteiger partial charge in [0.25, 0.3) is 11.8 Å². The number of aromatic nitrogens is 4. The third kappa shape index (κ3) is 11.7. The van der Waals surface area contributed by atoms with Crippen LogP contribution >= 0.6 is 12.4 Å². The standard InChI is InChI=1S/C21H22F3N5O3S.C20H20F3N5O3S.ClH/c1-27-9-11-28(12-10-27)33(30,31)29(17-5-3-2-4-6-17)14-16-8-7-15(13-18(16)22)20-25-26-21(32-20)19(23)24;21-17-12-14(19-25-26-20(31-19)18(22)23)6-7-15(17)13-28(16-4-2-1-3-5-16)32(29,30)27-10-8-24-9-11-27;/h2-8,13,19H,9-12,14H2,1H3;1-7,12,18,24H,8-11,13H2;1H. The Balaban J connectivity index is 0.000000215. The van der Waals surface area contributed by atoms with Crippen LogP contribution in [-0.2, 0) is 33.5 Å². The molecule has 1 N–H and O–H groups in total. The molecule has 2 saturated heterocycles. The van der Waals surface area contributed by atoms with Gasteiger partial charge < -0.3 is 19.1 Å². The highest BCUT2D eigenvalue weighted by Gasteiger charge is 2.34. The van der Waals surface area contributed by atoms with E-state index >= 15 is 0 Å². The van der Waals surface area contributed by atoms with E-state index in [0.29, 0.717) is 63.7 Å². The first-order chi connectivity index (χ1) is 31.1. The highest BCUT2D eigenvalue weighted by atomic mass is 35.5. The number of benzene rings is 4. The van der Waals surface area contributed by atoms with Gasteiger partial charge in [0.15, 0.2) is 0 Å². The number of para-hydroxylation sites is 2. The van der Waals surface area contributed by atoms with Crippen LogP contribution < -0.4 is 13.9 Å². The third-order valence-electron chi connectivity index (χ3n) is 10.3. The Kier molecular flexibility index (Phi) is 16.4. The molecule has 0 amide bonds. The molecule has 0 unspecified atom stereocenters. The summed E-state index contributed by atoms with van der Waals surface area (Å²) >= 11 is 0. The maximum absolute atomic E-state index is 15.0. The average molecular weight is 985 g/mol. The molecule has 6 aromatic rings. The Morgan fingerprint density at radius 3 is 1.35 bits per heavy atom. The fourth-order valence-electron chi connectivity index (χ4n) is 6.78. The highest BCUT2D eigenvalue weighted by Crippen LogP contribution is 2.30. The van der Waals surface area contributed by atoms with Crippen LogP contribution in [0.3, 0.4) is 0 Å². The summed E-state index contributed by atoms with van der Waals surface area (Å²) in [5, 5.41) is 16.6. The number of hydrogen-bond donors (Lipinski definition) is 1. The van der Waals surface area contributed by atoms with Crippen LogP contribution in [0.15, 0.2) is 106 Å². The van der Waals surface area contributed by atoms with Gasteiger partial charge in [-0.15, -0.1) is 32.8 Å². The number of alkyl halides is 4. The molecular weight excluding hydrogens is 942 g/mol. The van der Waals surface area contributed by atoms with Crippen LogP contribution in [0, 0.1) is 11.6 Å². The van der Waals surface area contributed by atoms with Gasteiger partial charge in [-0.25, -0.2) is 8.78 Å². The van der Waals surface area contributed by atoms with E-state index in [-0.39, 0.29) is 59.5 Å². The molecule has 2 aliphatic heterocycles. The first-order valence-corrected chi connectivity index (χ1v) is 22.8. The van der Waals surface area contributed by atoms with Gasteiger partial charge in [-0.1, -0.05) is 48.5 Å². The Bertz CT molecular complexity index is 2750. The molecule has 8 rings (SSSR count). The number of nitrogens with zero attached hydrogens (tertiary/aromatic N) is 9. The van der Waals surface area contributed by atoms with Crippen molar-refractivity contribution in [3.8, 4) is 22.9 Å². The monoisotopic (exact) mass is 984 g/mol. The van der Waals surface area contributed by atoms with E-state index in [1.807, 2.05) is 11.9 Å². The van der Waals surface area contributed by atoms with Crippen LogP contribution in [0.2, 0.25) is 0 Å². The van der Waals surface area contributed by atoms with Gasteiger partial charge in [0.1, 0.15) is 11.6 Å². The summed E-state index contributed by atoms with van der Waals surface area (Å²) in [6, 6.07) is 24.6. The van der Waals surface area contributed by atoms with Crippen molar-refractivity contribution in [1.29, 1.82) is 0 Å². The highest BCUT2D eigenvalue weighted by molar-refractivity contribution is 7.90. The zero-order valence-corrected chi connectivity index (χ0v) is 37.4. The summed E-state index contributed by atoms with van der Waals surface area (Å²) < 4.78 is 149. The van der Waals surface area contributed by atoms with E-state index in [4.69, 9.17) is 8.83 Å². The minimum absolute atomic E-state index is 0. The molecule has 4 heterocycles. The molecule has 0 atom stereocenters. The molecular formula is C41H43ClF6N10O6S2. The van der Waals surface area contributed by atoms with Gasteiger partial charge in [-0.2, -0.15) is 43.0 Å². The third-order valence-corrected chi connectivity index (χ3v) is 14.1. The molecule has 0 spiro atoms. The molecule has 0 radical (unpaired) electrons. The molecule has 0 bridgehead atoms. The molecule has 25 heteroatoms. The SMILES string of the molecule is CN1CCN(S(=O)(=O)N(Cc2ccc(-c3nnc(C(F)F)o3)cc2F)c2ccccc2)CC1.Cl.O=S(=O)(N1CCNCC1)N(Cc1ccc(-c2nnc(C(F)F)o2)cc1F)c1ccccc1. The summed E-state index contributed by atoms with van der Waals surface area (Å²) in [7, 11) is -5.94. The summed E-state index contributed by atoms with van der Waals surface area (Å²) in [5.74, 6) is -3.67. The maximum Gasteiger partial charge on any atom is 0.314 e. The number of likely N-dealkylation sites (N-methyl/N-ethyl adjacent to an activating group) is 1. The molecule has 354 valence electrons. The van der Waals surface area contributed by atoms with Crippen molar-refractivity contribution in [3.05, 3.63) is 132 Å². The van der Waals surface area contributed by atoms with Crippen molar-refractivity contribution < 1.29 is 52.0 Å². The Morgan fingerprint density at radius 1 is 0.591 bits per heavy atom. The maximum atomic E-state index is 15.0. The Labute approximate surface area is 382 Å². The van der Waals surface area contributed by atoms with Crippen molar-refractivity contribution in [2.75, 3.05) is 68.0 Å². The molecule has 0 aliphatic carbocycles. The average Bonchev–Trinajstić information content (AvgIpc) is 4.02. The van der Waals surface area contributed by atoms with Crippen LogP contribution in [0.1, 0.15) is 35.8 Å². The van der Waals surface area contributed by atoms with Crippen molar-refractivity contribution in [2.45, 2.75) is 25.9 Å². The molecule has 2 aromatic heterocycles. The number of rotatable bonds is 14. The lowest BCUT2D eigenvalue weighted by Crippen LogP contribution is -2.52. The lowest BCUT2D eigenvalue weighted by Gasteiger charge is -2.36. The quantitative estimate of drug-likeness (QED) is 0.115. The van der Waals surface area contributed by atoms with Gasteiger partial charge in [0, 0.05) is 74.6 Å². The summed E-state index contributed by atoms with van der Waals surface area (Å²) in [6.45, 7) is 2.98. The van der Waals surface area contributed by atoms with Gasteiger partial charge in [0.05, 0.1) is 24.5 Å². The summed E-state index contributed by atoms with van der Waals surface area (Å²) in [6.07, 6.45) is -5.87. The Morgan fingerprint density at radius 2 is 0.985 bits per heavy atom. The predicted molar refractivity (Wildman–Crippen MR) is 233 cm³/mol. The molecule has 0 saturated carbocycles. The van der Waals surface area contributed by atoms with E-state index in [1.54, 1.807) is 60.7 Å². The van der Waals surface area contributed by atoms with E-state index in [0.717, 1.165) is 20.7 Å². The number of piperazine rings is 2. The first kappa shape index (κ1) is 49.8. The number of halogens is 7. The van der Waals surface area contributed by atoms with Crippen molar-refractivity contribution >= 4 is 44.2 Å². The largest absolute Gasteiger partial charge is 0.415 e. The Hall–Kier alpha value is -5.63. The van der Waals surface area contributed by atoms with Gasteiger partial charge in [0.2, 0.25) is 11.8 Å². The van der Waals surface area contributed by atoms with E-state index in [2.05, 4.69) is 25.7 Å². The topological polar surface area (TPSA) is 174 Å². The minimum Gasteiger partial charge on any atom is -0.415 e. The van der Waals surface area contributed by atoms with E-state index in [9.17, 15) is 43.2 Å². The van der Waals surface area contributed by atoms with Gasteiger partial charge in [-0.3, -0.25) is 8.61 Å². The summed E-state index contributed by atoms with van der Waals surface area (Å²) in [5.41, 5.74) is 1.23. The minimum atomic E-state index is -3.93. The fraction of sp³-hybridized carbons (Fsp3) is 0.317. The zero-order chi connectivity index (χ0) is 46.3. The second kappa shape index (κ2) is 21.8. The van der Waals surface area contributed by atoms with Crippen LogP contribution in [0.4, 0.5) is 37.7 Å². The van der Waals surface area contributed by atoms with Crippen molar-refractivity contribution in [1.82, 2.24) is 39.2 Å². The van der Waals surface area contributed by atoms with Crippen molar-refractivity contribution in [2.24, 2.45) is 0 Å². The normalized spacial score (nSPS) is 15.3. The summed E-state index contributed by atoms with van der Waals surface area (Å²) in [4.78, 5) is 2.04. The van der Waals surface area contributed by atoms with Gasteiger partial charge in [-0.05, 0) is 55.6 Å². The predicted octanol–water partition coefficient (Wildman–Crippen LogP) is 6.70. The van der Waals surface area contributed by atoms with Crippen LogP contribution in [0.25, 0.3) is 22.9 Å². The lowest BCUT2D eigenvalue weighted by atomic mass is 10.1. The fourth-order valence-corrected chi connectivity index (χ4v) is 9.99. The number of nitrogens with one attached hydrogen (secondary N) is 1. The van der Waals surface area contributed by atoms with Crippen LogP contribution in [-0.4, -0.2) is 110 Å². The van der Waals surface area contributed by atoms with Gasteiger partial charge >= 0.3 is 33.3 Å². The number of hydrogen-bond acceptors (Lipinski definition) is 12. The molecule has 16 nitrogen and oxygen atoms in total. The van der Waals surface area contributed by atoms with E-state index < -0.39 is 56.7 Å². The van der Waals surface area contributed by atoms with E-state index in [1.165, 1.54) is 32.9 Å². The molecule has 4 aromatic carbocycles. The second-order valence-corrected chi connectivity index (χ2v) is 18.4. The number of anilines is 2. The second-order valence-electron chi connectivity index (χ2n) is 14.7. The first-order valence-electron chi connectivity index (χ1n) is 20.0. The molecule has 2 fully saturated rings. The smallest absolute Gasteiger partial charge is 0.314 e.